The van der Waals surface area contributed by atoms with Gasteiger partial charge >= 0.3 is 0 Å². The summed E-state index contributed by atoms with van der Waals surface area (Å²) in [6.45, 7) is 2.47. The maximum Gasteiger partial charge on any atom is 0.128 e. The lowest BCUT2D eigenvalue weighted by Crippen LogP contribution is -2.34. The number of nitrogens with zero attached hydrogens (tertiary/aromatic N) is 1. The molecule has 1 aromatic carbocycles. The van der Waals surface area contributed by atoms with Crippen LogP contribution in [0.15, 0.2) is 24.3 Å². The van der Waals surface area contributed by atoms with Gasteiger partial charge in [0.1, 0.15) is 5.82 Å². The molecule has 0 spiro atoms. The minimum absolute atomic E-state index is 0.305. The van der Waals surface area contributed by atoms with Gasteiger partial charge in [-0.1, -0.05) is 18.2 Å². The lowest BCUT2D eigenvalue weighted by molar-refractivity contribution is -0.00333. The first-order valence-electron chi connectivity index (χ1n) is 7.39. The summed E-state index contributed by atoms with van der Waals surface area (Å²) in [5.74, 6) is -0.335. The Morgan fingerprint density at radius 1 is 1.40 bits per heavy atom. The van der Waals surface area contributed by atoms with Crippen molar-refractivity contribution in [2.75, 3.05) is 26.7 Å². The van der Waals surface area contributed by atoms with Crippen LogP contribution in [0.1, 0.15) is 37.4 Å². The van der Waals surface area contributed by atoms with E-state index in [9.17, 15) is 9.50 Å². The van der Waals surface area contributed by atoms with Crippen molar-refractivity contribution < 1.29 is 14.2 Å². The molecule has 1 fully saturated rings. The minimum atomic E-state index is -0.745. The molecular formula is C16H24FNO2. The molecule has 1 N–H and O–H groups in total. The van der Waals surface area contributed by atoms with Crippen molar-refractivity contribution in [1.82, 2.24) is 4.90 Å². The third-order valence-electron chi connectivity index (χ3n) is 3.84. The molecule has 2 atom stereocenters. The van der Waals surface area contributed by atoms with Crippen LogP contribution in [0.5, 0.6) is 0 Å². The summed E-state index contributed by atoms with van der Waals surface area (Å²) >= 11 is 0. The summed E-state index contributed by atoms with van der Waals surface area (Å²) in [6.07, 6.45) is 3.60. The van der Waals surface area contributed by atoms with E-state index in [1.165, 1.54) is 12.5 Å². The normalized spacial score (nSPS) is 21.1. The maximum atomic E-state index is 13.5. The van der Waals surface area contributed by atoms with E-state index in [0.717, 1.165) is 32.5 Å². The molecular weight excluding hydrogens is 257 g/mol. The Morgan fingerprint density at radius 3 is 2.90 bits per heavy atom. The lowest BCUT2D eigenvalue weighted by Gasteiger charge is -2.27. The van der Waals surface area contributed by atoms with Gasteiger partial charge in [-0.2, -0.15) is 0 Å². The number of aliphatic hydroxyl groups excluding tert-OH is 1. The Hall–Kier alpha value is -0.970. The minimum Gasteiger partial charge on any atom is -0.388 e. The second-order valence-corrected chi connectivity index (χ2v) is 5.58. The fourth-order valence-corrected chi connectivity index (χ4v) is 2.63. The van der Waals surface area contributed by atoms with Gasteiger partial charge in [-0.15, -0.1) is 0 Å². The molecule has 0 saturated carbocycles. The topological polar surface area (TPSA) is 32.7 Å². The van der Waals surface area contributed by atoms with Crippen LogP contribution in [0.3, 0.4) is 0 Å². The van der Waals surface area contributed by atoms with Crippen molar-refractivity contribution in [1.29, 1.82) is 0 Å². The molecule has 3 nitrogen and oxygen atoms in total. The molecule has 2 rings (SSSR count). The fourth-order valence-electron chi connectivity index (χ4n) is 2.63. The first-order valence-corrected chi connectivity index (χ1v) is 7.39. The zero-order valence-electron chi connectivity index (χ0n) is 12.1. The third kappa shape index (κ3) is 4.54. The highest BCUT2D eigenvalue weighted by Gasteiger charge is 2.17. The molecule has 1 aliphatic rings. The number of likely N-dealkylation sites (N-methyl/N-ethyl adjacent to an activating group) is 1. The molecule has 112 valence electrons. The van der Waals surface area contributed by atoms with Crippen molar-refractivity contribution >= 4 is 0 Å². The van der Waals surface area contributed by atoms with E-state index in [1.807, 2.05) is 7.05 Å². The van der Waals surface area contributed by atoms with E-state index in [2.05, 4.69) is 4.90 Å². The quantitative estimate of drug-likeness (QED) is 0.870. The zero-order chi connectivity index (χ0) is 14.4. The van der Waals surface area contributed by atoms with Crippen LogP contribution in [0, 0.1) is 5.82 Å². The molecule has 0 radical (unpaired) electrons. The van der Waals surface area contributed by atoms with Gasteiger partial charge in [0.2, 0.25) is 0 Å². The van der Waals surface area contributed by atoms with Gasteiger partial charge in [0.25, 0.3) is 0 Å². The Kier molecular flexibility index (Phi) is 5.95. The van der Waals surface area contributed by atoms with Crippen molar-refractivity contribution in [3.05, 3.63) is 35.6 Å². The van der Waals surface area contributed by atoms with Gasteiger partial charge in [0.15, 0.2) is 0 Å². The molecule has 1 aromatic rings. The van der Waals surface area contributed by atoms with E-state index in [0.29, 0.717) is 18.1 Å². The molecule has 1 aliphatic heterocycles. The molecule has 0 aliphatic carbocycles. The van der Waals surface area contributed by atoms with Crippen LogP contribution in [-0.4, -0.2) is 42.9 Å². The van der Waals surface area contributed by atoms with Crippen LogP contribution in [0.2, 0.25) is 0 Å². The largest absolute Gasteiger partial charge is 0.388 e. The van der Waals surface area contributed by atoms with E-state index in [4.69, 9.17) is 4.74 Å². The van der Waals surface area contributed by atoms with Gasteiger partial charge in [-0.25, -0.2) is 4.39 Å². The Balaban J connectivity index is 1.75. The van der Waals surface area contributed by atoms with Gasteiger partial charge in [0, 0.05) is 25.3 Å². The molecule has 0 aromatic heterocycles. The summed E-state index contributed by atoms with van der Waals surface area (Å²) < 4.78 is 19.2. The third-order valence-corrected chi connectivity index (χ3v) is 3.84. The summed E-state index contributed by atoms with van der Waals surface area (Å²) in [5, 5.41) is 10.1. The number of aliphatic hydroxyl groups is 1. The van der Waals surface area contributed by atoms with E-state index in [1.54, 1.807) is 18.2 Å². The van der Waals surface area contributed by atoms with Crippen LogP contribution >= 0.6 is 0 Å². The van der Waals surface area contributed by atoms with Crippen LogP contribution in [-0.2, 0) is 4.74 Å². The standard InChI is InChI=1S/C16H24FNO2/c1-18(12-13-6-4-5-11-20-13)10-9-16(19)14-7-2-3-8-15(14)17/h2-3,7-8,13,16,19H,4-6,9-12H2,1H3. The van der Waals surface area contributed by atoms with Gasteiger partial charge in [-0.05, 0) is 38.8 Å². The fraction of sp³-hybridized carbons (Fsp3) is 0.625. The molecule has 1 heterocycles. The second-order valence-electron chi connectivity index (χ2n) is 5.58. The average Bonchev–Trinajstić information content (AvgIpc) is 2.46. The van der Waals surface area contributed by atoms with Crippen molar-refractivity contribution in [2.45, 2.75) is 37.9 Å². The first-order chi connectivity index (χ1) is 9.66. The number of ether oxygens (including phenoxy) is 1. The van der Waals surface area contributed by atoms with Gasteiger partial charge < -0.3 is 14.7 Å². The van der Waals surface area contributed by atoms with Gasteiger partial charge in [0.05, 0.1) is 12.2 Å². The highest BCUT2D eigenvalue weighted by molar-refractivity contribution is 5.19. The monoisotopic (exact) mass is 281 g/mol. The Bertz CT molecular complexity index is 407. The van der Waals surface area contributed by atoms with Crippen LogP contribution < -0.4 is 0 Å². The number of hydrogen-bond acceptors (Lipinski definition) is 3. The molecule has 20 heavy (non-hydrogen) atoms. The molecule has 2 unspecified atom stereocenters. The SMILES string of the molecule is CN(CCC(O)c1ccccc1F)CC1CCCCO1. The maximum absolute atomic E-state index is 13.5. The van der Waals surface area contributed by atoms with Crippen molar-refractivity contribution in [3.63, 3.8) is 0 Å². The summed E-state index contributed by atoms with van der Waals surface area (Å²) in [7, 11) is 2.02. The molecule has 1 saturated heterocycles. The Morgan fingerprint density at radius 2 is 2.20 bits per heavy atom. The van der Waals surface area contributed by atoms with Crippen LogP contribution in [0.4, 0.5) is 4.39 Å². The van der Waals surface area contributed by atoms with Crippen molar-refractivity contribution in [2.24, 2.45) is 0 Å². The predicted octanol–water partition coefficient (Wildman–Crippen LogP) is 2.75. The van der Waals surface area contributed by atoms with Crippen LogP contribution in [0.25, 0.3) is 0 Å². The molecule has 4 heteroatoms. The highest BCUT2D eigenvalue weighted by Crippen LogP contribution is 2.20. The summed E-state index contributed by atoms with van der Waals surface area (Å²) in [6, 6.07) is 6.42. The molecule has 0 amide bonds. The van der Waals surface area contributed by atoms with Gasteiger partial charge in [-0.3, -0.25) is 0 Å². The summed E-state index contributed by atoms with van der Waals surface area (Å²) in [4.78, 5) is 2.15. The highest BCUT2D eigenvalue weighted by atomic mass is 19.1. The average molecular weight is 281 g/mol. The lowest BCUT2D eigenvalue weighted by atomic mass is 10.1. The smallest absolute Gasteiger partial charge is 0.128 e. The summed E-state index contributed by atoms with van der Waals surface area (Å²) in [5.41, 5.74) is 0.384. The van der Waals surface area contributed by atoms with E-state index < -0.39 is 6.10 Å². The second kappa shape index (κ2) is 7.72. The zero-order valence-corrected chi connectivity index (χ0v) is 12.1. The van der Waals surface area contributed by atoms with E-state index >= 15 is 0 Å². The number of hydrogen-bond donors (Lipinski definition) is 1. The van der Waals surface area contributed by atoms with Crippen molar-refractivity contribution in [3.8, 4) is 0 Å². The number of rotatable bonds is 6. The number of benzene rings is 1. The predicted molar refractivity (Wildman–Crippen MR) is 77.1 cm³/mol. The molecule has 0 bridgehead atoms. The Labute approximate surface area is 120 Å². The first kappa shape index (κ1) is 15.4. The number of halogens is 1. The van der Waals surface area contributed by atoms with E-state index in [-0.39, 0.29) is 5.82 Å².